The summed E-state index contributed by atoms with van der Waals surface area (Å²) in [6.07, 6.45) is -0.328. The fourth-order valence-corrected chi connectivity index (χ4v) is 3.80. The molecule has 0 unspecified atom stereocenters. The molecule has 0 aliphatic rings. The van der Waals surface area contributed by atoms with Gasteiger partial charge in [-0.1, -0.05) is 34.8 Å². The Morgan fingerprint density at radius 3 is 2.51 bits per heavy atom. The van der Waals surface area contributed by atoms with Crippen molar-refractivity contribution in [2.24, 2.45) is 0 Å². The van der Waals surface area contributed by atoms with E-state index >= 15 is 0 Å². The van der Waals surface area contributed by atoms with Crippen molar-refractivity contribution in [3.63, 3.8) is 0 Å². The van der Waals surface area contributed by atoms with Crippen LogP contribution in [0, 0.1) is 0 Å². The highest BCUT2D eigenvalue weighted by Crippen LogP contribution is 2.31. The van der Waals surface area contributed by atoms with Crippen LogP contribution >= 0.6 is 34.8 Å². The van der Waals surface area contributed by atoms with Crippen molar-refractivity contribution in [2.45, 2.75) is 13.0 Å². The topological polar surface area (TPSA) is 128 Å². The molecule has 15 heteroatoms. The number of amides is 1. The van der Waals surface area contributed by atoms with E-state index in [2.05, 4.69) is 25.5 Å². The molecule has 35 heavy (non-hydrogen) atoms. The lowest BCUT2D eigenvalue weighted by Gasteiger charge is -2.12. The second kappa shape index (κ2) is 9.94. The number of halogens is 5. The number of anilines is 1. The van der Waals surface area contributed by atoms with Gasteiger partial charge >= 0.3 is 5.97 Å². The standard InChI is InChI=1S/C20H12Cl3F2N7O3/c21-9-4-11(20(34)35)15(13(23)5-9)28-19(33)14-6-10(7-31-8-27-17(30-31)16(24)25)29-32(14)18-12(22)2-1-3-26-18/h1-6,8,16H,7H2,(H,28,33)(H,34,35). The quantitative estimate of drug-likeness (QED) is 0.345. The van der Waals surface area contributed by atoms with Crippen molar-refractivity contribution >= 4 is 52.4 Å². The fourth-order valence-electron chi connectivity index (χ4n) is 3.06. The predicted octanol–water partition coefficient (Wildman–Crippen LogP) is 4.76. The van der Waals surface area contributed by atoms with E-state index in [0.29, 0.717) is 0 Å². The third-order valence-electron chi connectivity index (χ3n) is 4.53. The van der Waals surface area contributed by atoms with Gasteiger partial charge in [0.1, 0.15) is 12.0 Å². The number of pyridine rings is 1. The molecule has 1 amide bonds. The summed E-state index contributed by atoms with van der Waals surface area (Å²) in [5.74, 6) is -2.73. The summed E-state index contributed by atoms with van der Waals surface area (Å²) in [4.78, 5) is 32.5. The van der Waals surface area contributed by atoms with Crippen LogP contribution in [0.5, 0.6) is 0 Å². The number of nitrogens with zero attached hydrogens (tertiary/aromatic N) is 6. The minimum Gasteiger partial charge on any atom is -0.478 e. The second-order valence-corrected chi connectivity index (χ2v) is 8.16. The van der Waals surface area contributed by atoms with E-state index in [1.165, 1.54) is 24.4 Å². The van der Waals surface area contributed by atoms with E-state index in [4.69, 9.17) is 34.8 Å². The maximum absolute atomic E-state index is 13.2. The van der Waals surface area contributed by atoms with E-state index in [1.807, 2.05) is 0 Å². The van der Waals surface area contributed by atoms with E-state index < -0.39 is 24.1 Å². The number of carboxylic acids is 1. The number of aromatic carboxylic acids is 1. The summed E-state index contributed by atoms with van der Waals surface area (Å²) in [7, 11) is 0. The summed E-state index contributed by atoms with van der Waals surface area (Å²) in [5, 5.41) is 20.0. The number of aromatic nitrogens is 6. The molecule has 0 spiro atoms. The van der Waals surface area contributed by atoms with Gasteiger partial charge in [-0.15, -0.1) is 5.10 Å². The first-order chi connectivity index (χ1) is 16.6. The molecule has 0 fully saturated rings. The van der Waals surface area contributed by atoms with Crippen LogP contribution in [0.1, 0.15) is 38.8 Å². The van der Waals surface area contributed by atoms with Crippen LogP contribution in [0.15, 0.2) is 42.9 Å². The van der Waals surface area contributed by atoms with Gasteiger partial charge in [0.15, 0.2) is 5.82 Å². The van der Waals surface area contributed by atoms with Gasteiger partial charge in [-0.05, 0) is 30.3 Å². The Balaban J connectivity index is 1.75. The molecule has 0 aliphatic carbocycles. The number of carbonyl (C=O) groups is 2. The van der Waals surface area contributed by atoms with Gasteiger partial charge in [-0.2, -0.15) is 5.10 Å². The van der Waals surface area contributed by atoms with Crippen LogP contribution in [0.3, 0.4) is 0 Å². The molecule has 0 saturated carbocycles. The average Bonchev–Trinajstić information content (AvgIpc) is 3.43. The molecule has 1 aromatic carbocycles. The lowest BCUT2D eigenvalue weighted by molar-refractivity contribution is 0.0698. The highest BCUT2D eigenvalue weighted by Gasteiger charge is 2.23. The first kappa shape index (κ1) is 24.5. The molecule has 0 radical (unpaired) electrons. The van der Waals surface area contributed by atoms with Crippen LogP contribution in [0.25, 0.3) is 5.82 Å². The van der Waals surface area contributed by atoms with Gasteiger partial charge in [0.05, 0.1) is 33.5 Å². The van der Waals surface area contributed by atoms with Gasteiger partial charge in [0.25, 0.3) is 12.3 Å². The van der Waals surface area contributed by atoms with Crippen molar-refractivity contribution in [3.8, 4) is 5.82 Å². The zero-order chi connectivity index (χ0) is 25.3. The van der Waals surface area contributed by atoms with Crippen LogP contribution in [0.2, 0.25) is 15.1 Å². The van der Waals surface area contributed by atoms with Crippen LogP contribution in [-0.2, 0) is 6.54 Å². The first-order valence-corrected chi connectivity index (χ1v) is 10.7. The summed E-state index contributed by atoms with van der Waals surface area (Å²) in [5.41, 5.74) is -0.395. The number of alkyl halides is 2. The molecular formula is C20H12Cl3F2N7O3. The molecule has 0 bridgehead atoms. The molecule has 0 saturated heterocycles. The van der Waals surface area contributed by atoms with Gasteiger partial charge in [-0.25, -0.2) is 32.9 Å². The van der Waals surface area contributed by atoms with E-state index in [0.717, 1.165) is 21.8 Å². The van der Waals surface area contributed by atoms with Crippen molar-refractivity contribution in [3.05, 3.63) is 80.7 Å². The number of hydrogen-bond acceptors (Lipinski definition) is 6. The lowest BCUT2D eigenvalue weighted by Crippen LogP contribution is -2.19. The summed E-state index contributed by atoms with van der Waals surface area (Å²) in [6.45, 7) is -0.112. The van der Waals surface area contributed by atoms with Gasteiger partial charge in [0, 0.05) is 11.2 Å². The van der Waals surface area contributed by atoms with Crippen LogP contribution < -0.4 is 5.32 Å². The average molecular weight is 543 g/mol. The van der Waals surface area contributed by atoms with Gasteiger partial charge < -0.3 is 10.4 Å². The molecule has 180 valence electrons. The Bertz CT molecular complexity index is 1440. The normalized spacial score (nSPS) is 11.1. The van der Waals surface area contributed by atoms with Crippen molar-refractivity contribution < 1.29 is 23.5 Å². The molecule has 4 aromatic rings. The molecule has 0 atom stereocenters. The van der Waals surface area contributed by atoms with Gasteiger partial charge in [0.2, 0.25) is 5.82 Å². The van der Waals surface area contributed by atoms with Gasteiger partial charge in [-0.3, -0.25) is 4.79 Å². The largest absolute Gasteiger partial charge is 0.478 e. The molecule has 4 rings (SSSR count). The number of benzene rings is 1. The lowest BCUT2D eigenvalue weighted by atomic mass is 10.1. The van der Waals surface area contributed by atoms with E-state index in [9.17, 15) is 23.5 Å². The fraction of sp³-hybridized carbons (Fsp3) is 0.100. The third-order valence-corrected chi connectivity index (χ3v) is 5.34. The SMILES string of the molecule is O=C(O)c1cc(Cl)cc(Cl)c1NC(=O)c1cc(Cn2cnc(C(F)F)n2)nn1-c1ncccc1Cl. The Morgan fingerprint density at radius 1 is 1.09 bits per heavy atom. The molecule has 0 aliphatic heterocycles. The first-order valence-electron chi connectivity index (χ1n) is 9.55. The number of hydrogen-bond donors (Lipinski definition) is 2. The summed E-state index contributed by atoms with van der Waals surface area (Å²) >= 11 is 18.3. The third kappa shape index (κ3) is 5.24. The zero-order valence-electron chi connectivity index (χ0n) is 17.2. The molecule has 3 aromatic heterocycles. The zero-order valence-corrected chi connectivity index (χ0v) is 19.4. The number of nitrogens with one attached hydrogen (secondary N) is 1. The number of carboxylic acid groups (broad SMARTS) is 1. The van der Waals surface area contributed by atoms with Crippen molar-refractivity contribution in [2.75, 3.05) is 5.32 Å². The molecular weight excluding hydrogens is 531 g/mol. The number of carbonyl (C=O) groups excluding carboxylic acids is 1. The maximum atomic E-state index is 13.2. The monoisotopic (exact) mass is 541 g/mol. The van der Waals surface area contributed by atoms with E-state index in [1.54, 1.807) is 6.07 Å². The second-order valence-electron chi connectivity index (χ2n) is 6.91. The Hall–Kier alpha value is -3.61. The van der Waals surface area contributed by atoms with E-state index in [-0.39, 0.29) is 50.1 Å². The van der Waals surface area contributed by atoms with Crippen molar-refractivity contribution in [1.82, 2.24) is 29.5 Å². The minimum absolute atomic E-state index is 0.0639. The van der Waals surface area contributed by atoms with Crippen LogP contribution in [-0.4, -0.2) is 46.5 Å². The minimum atomic E-state index is -2.85. The van der Waals surface area contributed by atoms with Crippen LogP contribution in [0.4, 0.5) is 14.5 Å². The highest BCUT2D eigenvalue weighted by molar-refractivity contribution is 6.38. The number of rotatable bonds is 7. The summed E-state index contributed by atoms with van der Waals surface area (Å²) < 4.78 is 27.9. The Kier molecular flexibility index (Phi) is 6.96. The molecule has 2 N–H and O–H groups in total. The molecule has 10 nitrogen and oxygen atoms in total. The van der Waals surface area contributed by atoms with Crippen molar-refractivity contribution in [1.29, 1.82) is 0 Å². The molecule has 3 heterocycles. The Morgan fingerprint density at radius 2 is 1.86 bits per heavy atom. The Labute approximate surface area is 210 Å². The highest BCUT2D eigenvalue weighted by atomic mass is 35.5. The predicted molar refractivity (Wildman–Crippen MR) is 122 cm³/mol. The maximum Gasteiger partial charge on any atom is 0.337 e. The summed E-state index contributed by atoms with van der Waals surface area (Å²) in [6, 6.07) is 6.85. The smallest absolute Gasteiger partial charge is 0.337 e.